The predicted molar refractivity (Wildman–Crippen MR) is 64.0 cm³/mol. The van der Waals surface area contributed by atoms with E-state index in [1.165, 1.54) is 0 Å². The van der Waals surface area contributed by atoms with Gasteiger partial charge in [0.25, 0.3) is 0 Å². The van der Waals surface area contributed by atoms with Crippen LogP contribution in [0.4, 0.5) is 0 Å². The van der Waals surface area contributed by atoms with E-state index in [9.17, 15) is 5.11 Å². The van der Waals surface area contributed by atoms with E-state index in [-0.39, 0.29) is 0 Å². The van der Waals surface area contributed by atoms with E-state index in [0.29, 0.717) is 31.5 Å². The van der Waals surface area contributed by atoms with Gasteiger partial charge >= 0.3 is 0 Å². The van der Waals surface area contributed by atoms with Gasteiger partial charge in [-0.1, -0.05) is 13.8 Å². The fourth-order valence-corrected chi connectivity index (χ4v) is 1.59. The number of aliphatic hydroxyl groups is 1. The van der Waals surface area contributed by atoms with Gasteiger partial charge in [-0.15, -0.1) is 0 Å². The van der Waals surface area contributed by atoms with E-state index < -0.39 is 5.60 Å². The first-order chi connectivity index (χ1) is 6.87. The van der Waals surface area contributed by atoms with E-state index in [4.69, 9.17) is 4.74 Å². The molecule has 0 saturated heterocycles. The lowest BCUT2D eigenvalue weighted by molar-refractivity contribution is 0.0227. The highest BCUT2D eigenvalue weighted by Crippen LogP contribution is 2.09. The van der Waals surface area contributed by atoms with Gasteiger partial charge in [0.05, 0.1) is 5.60 Å². The van der Waals surface area contributed by atoms with Crippen molar-refractivity contribution >= 4 is 0 Å². The minimum atomic E-state index is -0.665. The fraction of sp³-hybridized carbons (Fsp3) is 1.00. The van der Waals surface area contributed by atoms with Crippen LogP contribution in [0.15, 0.2) is 0 Å². The summed E-state index contributed by atoms with van der Waals surface area (Å²) in [4.78, 5) is 0. The summed E-state index contributed by atoms with van der Waals surface area (Å²) < 4.78 is 4.96. The molecule has 0 aliphatic carbocycles. The van der Waals surface area contributed by atoms with E-state index in [1.54, 1.807) is 7.11 Å². The third-order valence-corrected chi connectivity index (χ3v) is 2.50. The van der Waals surface area contributed by atoms with Gasteiger partial charge in [-0.3, -0.25) is 0 Å². The van der Waals surface area contributed by atoms with Crippen LogP contribution >= 0.6 is 0 Å². The molecule has 0 aromatic carbocycles. The van der Waals surface area contributed by atoms with Crippen LogP contribution in [-0.4, -0.2) is 37.0 Å². The first-order valence-electron chi connectivity index (χ1n) is 5.82. The lowest BCUT2D eigenvalue weighted by atomic mass is 10.0. The van der Waals surface area contributed by atoms with Crippen LogP contribution in [0.5, 0.6) is 0 Å². The molecule has 0 heterocycles. The lowest BCUT2D eigenvalue weighted by Crippen LogP contribution is -2.42. The second-order valence-corrected chi connectivity index (χ2v) is 5.15. The molecule has 0 bridgehead atoms. The lowest BCUT2D eigenvalue weighted by Gasteiger charge is -2.26. The van der Waals surface area contributed by atoms with Crippen LogP contribution in [0, 0.1) is 5.92 Å². The summed E-state index contributed by atoms with van der Waals surface area (Å²) in [6.45, 7) is 9.66. The molecule has 3 nitrogen and oxygen atoms in total. The van der Waals surface area contributed by atoms with Crippen LogP contribution in [0.2, 0.25) is 0 Å². The highest BCUT2D eigenvalue weighted by molar-refractivity contribution is 4.77. The Kier molecular flexibility index (Phi) is 7.14. The first kappa shape index (κ1) is 14.9. The van der Waals surface area contributed by atoms with Crippen LogP contribution < -0.4 is 5.32 Å². The van der Waals surface area contributed by atoms with Crippen molar-refractivity contribution in [2.24, 2.45) is 5.92 Å². The molecule has 2 N–H and O–H groups in total. The smallest absolute Gasteiger partial charge is 0.0765 e. The van der Waals surface area contributed by atoms with E-state index >= 15 is 0 Å². The minimum absolute atomic E-state index is 0.457. The summed E-state index contributed by atoms with van der Waals surface area (Å²) in [5, 5.41) is 13.3. The molecular formula is C12H27NO2. The van der Waals surface area contributed by atoms with E-state index in [2.05, 4.69) is 26.1 Å². The molecule has 15 heavy (non-hydrogen) atoms. The Bertz CT molecular complexity index is 158. The topological polar surface area (TPSA) is 41.5 Å². The predicted octanol–water partition coefficient (Wildman–Crippen LogP) is 1.80. The molecular weight excluding hydrogens is 190 g/mol. The van der Waals surface area contributed by atoms with Crippen molar-refractivity contribution in [1.29, 1.82) is 0 Å². The molecule has 0 aliphatic heterocycles. The highest BCUT2D eigenvalue weighted by atomic mass is 16.5. The Labute approximate surface area is 94.2 Å². The Morgan fingerprint density at radius 3 is 2.40 bits per heavy atom. The van der Waals surface area contributed by atoms with Crippen LogP contribution in [0.1, 0.15) is 40.5 Å². The molecule has 0 aromatic rings. The van der Waals surface area contributed by atoms with Gasteiger partial charge in [-0.05, 0) is 26.2 Å². The second-order valence-electron chi connectivity index (χ2n) is 5.15. The Morgan fingerprint density at radius 1 is 1.33 bits per heavy atom. The molecule has 92 valence electrons. The summed E-state index contributed by atoms with van der Waals surface area (Å²) in [7, 11) is 1.66. The summed E-state index contributed by atoms with van der Waals surface area (Å²) in [6, 6.07) is 0.457. The molecule has 3 heteroatoms. The van der Waals surface area contributed by atoms with Crippen molar-refractivity contribution < 1.29 is 9.84 Å². The van der Waals surface area contributed by atoms with Crippen molar-refractivity contribution in [3.05, 3.63) is 0 Å². The zero-order valence-electron chi connectivity index (χ0n) is 10.8. The normalized spacial score (nSPS) is 17.8. The third kappa shape index (κ3) is 8.85. The summed E-state index contributed by atoms with van der Waals surface area (Å²) in [5.41, 5.74) is -0.665. The Morgan fingerprint density at radius 2 is 1.93 bits per heavy atom. The number of nitrogens with one attached hydrogen (secondary N) is 1. The molecule has 0 rings (SSSR count). The first-order valence-corrected chi connectivity index (χ1v) is 5.82. The summed E-state index contributed by atoms with van der Waals surface area (Å²) >= 11 is 0. The molecule has 2 unspecified atom stereocenters. The molecule has 0 saturated carbocycles. The van der Waals surface area contributed by atoms with E-state index in [0.717, 1.165) is 6.42 Å². The third-order valence-electron chi connectivity index (χ3n) is 2.50. The second kappa shape index (κ2) is 7.20. The van der Waals surface area contributed by atoms with Gasteiger partial charge in [0.2, 0.25) is 0 Å². The Hall–Kier alpha value is -0.120. The van der Waals surface area contributed by atoms with Gasteiger partial charge in [0.15, 0.2) is 0 Å². The van der Waals surface area contributed by atoms with Crippen LogP contribution in [0.3, 0.4) is 0 Å². The molecule has 0 aliphatic rings. The molecule has 2 atom stereocenters. The minimum Gasteiger partial charge on any atom is -0.389 e. The number of ether oxygens (including phenoxy) is 1. The average Bonchev–Trinajstić information content (AvgIpc) is 2.11. The molecule has 0 aromatic heterocycles. The van der Waals surface area contributed by atoms with Gasteiger partial charge in [-0.25, -0.2) is 0 Å². The molecule has 0 spiro atoms. The molecule has 0 fully saturated rings. The number of methoxy groups -OCH3 is 1. The highest BCUT2D eigenvalue weighted by Gasteiger charge is 2.20. The largest absolute Gasteiger partial charge is 0.389 e. The quantitative estimate of drug-likeness (QED) is 0.651. The zero-order chi connectivity index (χ0) is 11.9. The van der Waals surface area contributed by atoms with Gasteiger partial charge in [-0.2, -0.15) is 0 Å². The standard InChI is InChI=1S/C12H27NO2/c1-10(2)8-11(3)13-9-12(4,14)6-7-15-5/h10-11,13-14H,6-9H2,1-5H3. The van der Waals surface area contributed by atoms with Crippen molar-refractivity contribution in [2.75, 3.05) is 20.3 Å². The average molecular weight is 217 g/mol. The van der Waals surface area contributed by atoms with Crippen molar-refractivity contribution in [3.8, 4) is 0 Å². The number of hydrogen-bond donors (Lipinski definition) is 2. The zero-order valence-corrected chi connectivity index (χ0v) is 10.8. The van der Waals surface area contributed by atoms with E-state index in [1.807, 2.05) is 6.92 Å². The fourth-order valence-electron chi connectivity index (χ4n) is 1.59. The molecule has 0 radical (unpaired) electrons. The van der Waals surface area contributed by atoms with Crippen molar-refractivity contribution in [1.82, 2.24) is 5.32 Å². The van der Waals surface area contributed by atoms with Gasteiger partial charge in [0.1, 0.15) is 0 Å². The summed E-state index contributed by atoms with van der Waals surface area (Å²) in [6.07, 6.45) is 1.81. The van der Waals surface area contributed by atoms with Gasteiger partial charge < -0.3 is 15.2 Å². The number of rotatable bonds is 8. The van der Waals surface area contributed by atoms with Crippen molar-refractivity contribution in [2.45, 2.75) is 52.2 Å². The maximum atomic E-state index is 9.99. The van der Waals surface area contributed by atoms with Gasteiger partial charge in [0, 0.05) is 32.7 Å². The maximum Gasteiger partial charge on any atom is 0.0765 e. The monoisotopic (exact) mass is 217 g/mol. The van der Waals surface area contributed by atoms with Crippen LogP contribution in [-0.2, 0) is 4.74 Å². The maximum absolute atomic E-state index is 9.99. The molecule has 0 amide bonds. The van der Waals surface area contributed by atoms with Crippen molar-refractivity contribution in [3.63, 3.8) is 0 Å². The number of hydrogen-bond acceptors (Lipinski definition) is 3. The SMILES string of the molecule is COCCC(C)(O)CNC(C)CC(C)C. The summed E-state index contributed by atoms with van der Waals surface area (Å²) in [5.74, 6) is 0.691. The van der Waals surface area contributed by atoms with Crippen LogP contribution in [0.25, 0.3) is 0 Å². The Balaban J connectivity index is 3.71.